The number of carbonyl (C=O) groups is 1. The molecule has 0 aromatic rings. The number of nitrogens with zero attached hydrogens (tertiary/aromatic N) is 1. The molecule has 1 saturated carbocycles. The van der Waals surface area contributed by atoms with Gasteiger partial charge in [-0.3, -0.25) is 4.79 Å². The molecule has 0 spiro atoms. The molecule has 20 heavy (non-hydrogen) atoms. The van der Waals surface area contributed by atoms with Gasteiger partial charge in [-0.25, -0.2) is 0 Å². The molecule has 0 aromatic carbocycles. The normalized spacial score (nSPS) is 30.1. The van der Waals surface area contributed by atoms with Crippen LogP contribution in [0.25, 0.3) is 0 Å². The zero-order valence-electron chi connectivity index (χ0n) is 13.4. The summed E-state index contributed by atoms with van der Waals surface area (Å²) >= 11 is 0. The number of likely N-dealkylation sites (tertiary alicyclic amines) is 1. The van der Waals surface area contributed by atoms with E-state index in [-0.39, 0.29) is 0 Å². The highest BCUT2D eigenvalue weighted by atomic mass is 16.4. The summed E-state index contributed by atoms with van der Waals surface area (Å²) in [5.41, 5.74) is 0.530. The summed E-state index contributed by atoms with van der Waals surface area (Å²) < 4.78 is 0. The molecule has 2 aliphatic rings. The summed E-state index contributed by atoms with van der Waals surface area (Å²) in [4.78, 5) is 13.6. The van der Waals surface area contributed by atoms with E-state index in [2.05, 4.69) is 25.7 Å². The number of aliphatic carboxylic acids is 1. The number of carboxylic acid groups (broad SMARTS) is 1. The maximum absolute atomic E-state index is 10.9. The molecule has 0 bridgehead atoms. The Morgan fingerprint density at radius 1 is 1.30 bits per heavy atom. The van der Waals surface area contributed by atoms with Crippen LogP contribution in [0.4, 0.5) is 0 Å². The molecular formula is C17H31NO2. The van der Waals surface area contributed by atoms with Crippen LogP contribution < -0.4 is 0 Å². The first-order valence-corrected chi connectivity index (χ1v) is 8.33. The monoisotopic (exact) mass is 281 g/mol. The third-order valence-corrected chi connectivity index (χ3v) is 5.62. The van der Waals surface area contributed by atoms with Crippen molar-refractivity contribution in [2.45, 2.75) is 71.8 Å². The Morgan fingerprint density at radius 2 is 1.95 bits per heavy atom. The Kier molecular flexibility index (Phi) is 5.11. The summed E-state index contributed by atoms with van der Waals surface area (Å²) in [5.74, 6) is 0.249. The van der Waals surface area contributed by atoms with Crippen molar-refractivity contribution >= 4 is 5.97 Å². The SMILES string of the molecule is CC(CC(=O)O)C1CCCN(C2CCC(C)(C)CC2)C1. The van der Waals surface area contributed by atoms with E-state index in [0.717, 1.165) is 12.6 Å². The number of piperidine rings is 1. The van der Waals surface area contributed by atoms with E-state index >= 15 is 0 Å². The quantitative estimate of drug-likeness (QED) is 0.852. The van der Waals surface area contributed by atoms with E-state index < -0.39 is 5.97 Å². The van der Waals surface area contributed by atoms with E-state index in [9.17, 15) is 4.79 Å². The van der Waals surface area contributed by atoms with Crippen molar-refractivity contribution in [1.82, 2.24) is 4.90 Å². The number of rotatable bonds is 4. The lowest BCUT2D eigenvalue weighted by molar-refractivity contribution is -0.138. The van der Waals surface area contributed by atoms with Gasteiger partial charge in [0.1, 0.15) is 0 Å². The molecule has 2 unspecified atom stereocenters. The van der Waals surface area contributed by atoms with Crippen LogP contribution in [0.3, 0.4) is 0 Å². The first kappa shape index (κ1) is 15.8. The van der Waals surface area contributed by atoms with Crippen molar-refractivity contribution in [3.8, 4) is 0 Å². The summed E-state index contributed by atoms with van der Waals surface area (Å²) in [6.07, 6.45) is 8.11. The second-order valence-corrected chi connectivity index (χ2v) is 7.87. The van der Waals surface area contributed by atoms with Crippen molar-refractivity contribution in [1.29, 1.82) is 0 Å². The predicted octanol–water partition coefficient (Wildman–Crippen LogP) is 3.78. The van der Waals surface area contributed by atoms with Crippen molar-refractivity contribution in [3.63, 3.8) is 0 Å². The maximum atomic E-state index is 10.9. The fourth-order valence-corrected chi connectivity index (χ4v) is 4.03. The second kappa shape index (κ2) is 6.46. The predicted molar refractivity (Wildman–Crippen MR) is 81.8 cm³/mol. The molecule has 1 heterocycles. The minimum atomic E-state index is -0.644. The number of carboxylic acids is 1. The van der Waals surface area contributed by atoms with Gasteiger partial charge in [0.2, 0.25) is 0 Å². The third kappa shape index (κ3) is 4.21. The first-order valence-electron chi connectivity index (χ1n) is 8.33. The Morgan fingerprint density at radius 3 is 2.55 bits per heavy atom. The van der Waals surface area contributed by atoms with E-state index in [1.165, 1.54) is 45.1 Å². The lowest BCUT2D eigenvalue weighted by Gasteiger charge is -2.44. The minimum Gasteiger partial charge on any atom is -0.481 e. The second-order valence-electron chi connectivity index (χ2n) is 7.87. The fourth-order valence-electron chi connectivity index (χ4n) is 4.03. The highest BCUT2D eigenvalue weighted by Crippen LogP contribution is 2.38. The lowest BCUT2D eigenvalue weighted by Crippen LogP contribution is -2.46. The van der Waals surface area contributed by atoms with Crippen LogP contribution in [0.2, 0.25) is 0 Å². The van der Waals surface area contributed by atoms with Gasteiger partial charge in [0.25, 0.3) is 0 Å². The summed E-state index contributed by atoms with van der Waals surface area (Å²) in [6.45, 7) is 9.24. The van der Waals surface area contributed by atoms with E-state index in [1.807, 2.05) is 0 Å². The third-order valence-electron chi connectivity index (χ3n) is 5.62. The molecule has 1 aliphatic heterocycles. The zero-order valence-corrected chi connectivity index (χ0v) is 13.4. The summed E-state index contributed by atoms with van der Waals surface area (Å²) in [5, 5.41) is 8.97. The molecule has 0 radical (unpaired) electrons. The smallest absolute Gasteiger partial charge is 0.303 e. The molecule has 0 aromatic heterocycles. The van der Waals surface area contributed by atoms with Crippen LogP contribution in [0.5, 0.6) is 0 Å². The van der Waals surface area contributed by atoms with Gasteiger partial charge in [-0.1, -0.05) is 20.8 Å². The standard InChI is InChI=1S/C17H31NO2/c1-13(11-16(19)20)14-5-4-10-18(12-14)15-6-8-17(2,3)9-7-15/h13-15H,4-12H2,1-3H3,(H,19,20). The average Bonchev–Trinajstić information content (AvgIpc) is 2.38. The summed E-state index contributed by atoms with van der Waals surface area (Å²) in [7, 11) is 0. The topological polar surface area (TPSA) is 40.5 Å². The van der Waals surface area contributed by atoms with Crippen LogP contribution >= 0.6 is 0 Å². The molecule has 3 nitrogen and oxygen atoms in total. The van der Waals surface area contributed by atoms with Crippen LogP contribution in [-0.2, 0) is 4.79 Å². The molecule has 2 rings (SSSR count). The largest absolute Gasteiger partial charge is 0.481 e. The molecule has 116 valence electrons. The molecular weight excluding hydrogens is 250 g/mol. The van der Waals surface area contributed by atoms with Gasteiger partial charge in [0.15, 0.2) is 0 Å². The van der Waals surface area contributed by atoms with Gasteiger partial charge in [0, 0.05) is 19.0 Å². The zero-order chi connectivity index (χ0) is 14.8. The van der Waals surface area contributed by atoms with Gasteiger partial charge in [-0.05, 0) is 62.3 Å². The maximum Gasteiger partial charge on any atom is 0.303 e. The lowest BCUT2D eigenvalue weighted by atomic mass is 9.74. The molecule has 1 aliphatic carbocycles. The van der Waals surface area contributed by atoms with E-state index in [0.29, 0.717) is 23.7 Å². The molecule has 3 heteroatoms. The Hall–Kier alpha value is -0.570. The number of hydrogen-bond acceptors (Lipinski definition) is 2. The molecule has 2 atom stereocenters. The van der Waals surface area contributed by atoms with Crippen LogP contribution in [0.15, 0.2) is 0 Å². The van der Waals surface area contributed by atoms with Crippen molar-refractivity contribution in [2.75, 3.05) is 13.1 Å². The van der Waals surface area contributed by atoms with Crippen LogP contribution in [-0.4, -0.2) is 35.1 Å². The van der Waals surface area contributed by atoms with Gasteiger partial charge >= 0.3 is 5.97 Å². The minimum absolute atomic E-state index is 0.315. The van der Waals surface area contributed by atoms with Gasteiger partial charge in [-0.2, -0.15) is 0 Å². The highest BCUT2D eigenvalue weighted by Gasteiger charge is 2.33. The van der Waals surface area contributed by atoms with Gasteiger partial charge < -0.3 is 10.0 Å². The van der Waals surface area contributed by atoms with E-state index in [1.54, 1.807) is 0 Å². The van der Waals surface area contributed by atoms with E-state index in [4.69, 9.17) is 5.11 Å². The summed E-state index contributed by atoms with van der Waals surface area (Å²) in [6, 6.07) is 0.753. The fraction of sp³-hybridized carbons (Fsp3) is 0.941. The van der Waals surface area contributed by atoms with Crippen LogP contribution in [0.1, 0.15) is 65.7 Å². The Labute approximate surface area is 123 Å². The van der Waals surface area contributed by atoms with Gasteiger partial charge in [0.05, 0.1) is 0 Å². The van der Waals surface area contributed by atoms with Crippen molar-refractivity contribution in [2.24, 2.45) is 17.3 Å². The number of hydrogen-bond donors (Lipinski definition) is 1. The average molecular weight is 281 g/mol. The molecule has 2 fully saturated rings. The molecule has 1 saturated heterocycles. The van der Waals surface area contributed by atoms with Crippen molar-refractivity contribution in [3.05, 3.63) is 0 Å². The van der Waals surface area contributed by atoms with Crippen LogP contribution in [0, 0.1) is 17.3 Å². The van der Waals surface area contributed by atoms with Gasteiger partial charge in [-0.15, -0.1) is 0 Å². The Bertz CT molecular complexity index is 330. The Balaban J connectivity index is 1.86. The molecule has 0 amide bonds. The first-order chi connectivity index (χ1) is 9.37. The van der Waals surface area contributed by atoms with Crippen molar-refractivity contribution < 1.29 is 9.90 Å². The highest BCUT2D eigenvalue weighted by molar-refractivity contribution is 5.67. The molecule has 1 N–H and O–H groups in total.